The fourth-order valence-corrected chi connectivity index (χ4v) is 2.56. The molecule has 0 saturated heterocycles. The van der Waals surface area contributed by atoms with Gasteiger partial charge in [-0.05, 0) is 30.6 Å². The molecule has 0 N–H and O–H groups in total. The molecule has 0 amide bonds. The van der Waals surface area contributed by atoms with Crippen molar-refractivity contribution in [1.29, 1.82) is 0 Å². The number of thioether (sulfide) groups is 2. The Morgan fingerprint density at radius 3 is 2.69 bits per heavy atom. The SMILES string of the molecule is C=C(C)SC(=C)C1=CCC(C)=CS1. The summed E-state index contributed by atoms with van der Waals surface area (Å²) < 4.78 is 0. The molecule has 0 bridgehead atoms. The van der Waals surface area contributed by atoms with Gasteiger partial charge in [0.1, 0.15) is 0 Å². The summed E-state index contributed by atoms with van der Waals surface area (Å²) in [5.41, 5.74) is 1.42. The summed E-state index contributed by atoms with van der Waals surface area (Å²) in [6.07, 6.45) is 3.29. The highest BCUT2D eigenvalue weighted by Gasteiger charge is 2.07. The Hall–Kier alpha value is -0.340. The third-order valence-corrected chi connectivity index (χ3v) is 3.70. The van der Waals surface area contributed by atoms with Crippen LogP contribution in [0.25, 0.3) is 0 Å². The quantitative estimate of drug-likeness (QED) is 0.662. The van der Waals surface area contributed by atoms with Crippen LogP contribution in [-0.2, 0) is 0 Å². The van der Waals surface area contributed by atoms with Crippen LogP contribution in [0.3, 0.4) is 0 Å². The zero-order valence-corrected chi connectivity index (χ0v) is 9.73. The van der Waals surface area contributed by atoms with Crippen molar-refractivity contribution in [3.05, 3.63) is 44.9 Å². The Bertz CT molecular complexity index is 295. The Morgan fingerprint density at radius 2 is 2.23 bits per heavy atom. The van der Waals surface area contributed by atoms with Crippen LogP contribution < -0.4 is 0 Å². The molecule has 13 heavy (non-hydrogen) atoms. The van der Waals surface area contributed by atoms with Crippen LogP contribution in [0.15, 0.2) is 44.9 Å². The lowest BCUT2D eigenvalue weighted by molar-refractivity contribution is 1.21. The van der Waals surface area contributed by atoms with Crippen LogP contribution in [0, 0.1) is 0 Å². The van der Waals surface area contributed by atoms with Crippen molar-refractivity contribution in [2.24, 2.45) is 0 Å². The molecule has 1 aliphatic rings. The minimum atomic E-state index is 1.05. The van der Waals surface area contributed by atoms with Gasteiger partial charge in [0.2, 0.25) is 0 Å². The van der Waals surface area contributed by atoms with E-state index in [9.17, 15) is 0 Å². The third kappa shape index (κ3) is 3.49. The average molecular weight is 210 g/mol. The van der Waals surface area contributed by atoms with Gasteiger partial charge in [-0.1, -0.05) is 48.3 Å². The Labute approximate surface area is 88.9 Å². The van der Waals surface area contributed by atoms with E-state index in [-0.39, 0.29) is 0 Å². The van der Waals surface area contributed by atoms with Crippen LogP contribution in [0.5, 0.6) is 0 Å². The van der Waals surface area contributed by atoms with Gasteiger partial charge in [-0.15, -0.1) is 0 Å². The van der Waals surface area contributed by atoms with Crippen LogP contribution in [0.4, 0.5) is 0 Å². The minimum Gasteiger partial charge on any atom is -0.0973 e. The van der Waals surface area contributed by atoms with E-state index in [0.717, 1.165) is 16.2 Å². The second-order valence-electron chi connectivity index (χ2n) is 3.08. The molecule has 0 atom stereocenters. The van der Waals surface area contributed by atoms with Crippen molar-refractivity contribution in [3.63, 3.8) is 0 Å². The van der Waals surface area contributed by atoms with E-state index in [0.29, 0.717) is 0 Å². The number of rotatable bonds is 3. The number of hydrogen-bond donors (Lipinski definition) is 0. The molecular formula is C11H14S2. The molecule has 0 spiro atoms. The summed E-state index contributed by atoms with van der Waals surface area (Å²) in [6.45, 7) is 12.0. The van der Waals surface area contributed by atoms with E-state index in [1.54, 1.807) is 23.5 Å². The normalized spacial score (nSPS) is 16.2. The maximum Gasteiger partial charge on any atom is 0.0213 e. The number of allylic oxidation sites excluding steroid dienone is 3. The highest BCUT2D eigenvalue weighted by molar-refractivity contribution is 8.11. The predicted molar refractivity (Wildman–Crippen MR) is 65.6 cm³/mol. The van der Waals surface area contributed by atoms with Gasteiger partial charge in [0.25, 0.3) is 0 Å². The number of hydrogen-bond acceptors (Lipinski definition) is 2. The van der Waals surface area contributed by atoms with Crippen molar-refractivity contribution in [2.45, 2.75) is 20.3 Å². The van der Waals surface area contributed by atoms with E-state index in [2.05, 4.69) is 31.6 Å². The summed E-state index contributed by atoms with van der Waals surface area (Å²) in [6, 6.07) is 0. The first-order valence-corrected chi connectivity index (χ1v) is 5.84. The van der Waals surface area contributed by atoms with E-state index >= 15 is 0 Å². The first-order chi connectivity index (χ1) is 6.09. The van der Waals surface area contributed by atoms with Gasteiger partial charge in [-0.3, -0.25) is 0 Å². The lowest BCUT2D eigenvalue weighted by atomic mass is 10.2. The Morgan fingerprint density at radius 1 is 1.54 bits per heavy atom. The zero-order valence-electron chi connectivity index (χ0n) is 8.09. The molecule has 1 rings (SSSR count). The van der Waals surface area contributed by atoms with Crippen molar-refractivity contribution in [1.82, 2.24) is 0 Å². The molecule has 0 fully saturated rings. The van der Waals surface area contributed by atoms with Crippen LogP contribution in [0.1, 0.15) is 20.3 Å². The average Bonchev–Trinajstić information content (AvgIpc) is 2.04. The first kappa shape index (κ1) is 10.7. The minimum absolute atomic E-state index is 1.05. The van der Waals surface area contributed by atoms with Crippen molar-refractivity contribution < 1.29 is 0 Å². The Balaban J connectivity index is 2.55. The summed E-state index contributed by atoms with van der Waals surface area (Å²) in [7, 11) is 0. The highest BCUT2D eigenvalue weighted by atomic mass is 32.2. The fraction of sp³-hybridized carbons (Fsp3) is 0.273. The van der Waals surface area contributed by atoms with E-state index in [4.69, 9.17) is 0 Å². The maximum absolute atomic E-state index is 4.03. The predicted octanol–water partition coefficient (Wildman–Crippen LogP) is 4.69. The smallest absolute Gasteiger partial charge is 0.0213 e. The summed E-state index contributed by atoms with van der Waals surface area (Å²) in [5, 5.41) is 2.19. The molecule has 0 saturated carbocycles. The monoisotopic (exact) mass is 210 g/mol. The second kappa shape index (κ2) is 4.77. The van der Waals surface area contributed by atoms with Gasteiger partial charge in [-0.2, -0.15) is 0 Å². The van der Waals surface area contributed by atoms with Gasteiger partial charge >= 0.3 is 0 Å². The first-order valence-electron chi connectivity index (χ1n) is 4.14. The molecule has 0 nitrogen and oxygen atoms in total. The molecular weight excluding hydrogens is 196 g/mol. The summed E-state index contributed by atoms with van der Waals surface area (Å²) in [5.74, 6) is 0. The van der Waals surface area contributed by atoms with Crippen molar-refractivity contribution >= 4 is 23.5 Å². The van der Waals surface area contributed by atoms with E-state index in [1.165, 1.54) is 10.5 Å². The summed E-state index contributed by atoms with van der Waals surface area (Å²) >= 11 is 3.41. The molecule has 0 aromatic rings. The van der Waals surface area contributed by atoms with Gasteiger partial charge in [0.05, 0.1) is 0 Å². The van der Waals surface area contributed by atoms with Gasteiger partial charge < -0.3 is 0 Å². The third-order valence-electron chi connectivity index (χ3n) is 1.57. The fourth-order valence-electron chi connectivity index (χ4n) is 0.954. The topological polar surface area (TPSA) is 0 Å². The highest BCUT2D eigenvalue weighted by Crippen LogP contribution is 2.38. The van der Waals surface area contributed by atoms with Crippen molar-refractivity contribution in [3.8, 4) is 0 Å². The molecule has 0 aliphatic carbocycles. The molecule has 0 radical (unpaired) electrons. The zero-order chi connectivity index (χ0) is 9.84. The molecule has 1 aliphatic heterocycles. The van der Waals surface area contributed by atoms with E-state index < -0.39 is 0 Å². The van der Waals surface area contributed by atoms with Gasteiger partial charge in [0.15, 0.2) is 0 Å². The molecule has 0 aromatic heterocycles. The lowest BCUT2D eigenvalue weighted by Gasteiger charge is -2.12. The molecule has 70 valence electrons. The molecule has 0 unspecified atom stereocenters. The van der Waals surface area contributed by atoms with Crippen molar-refractivity contribution in [2.75, 3.05) is 0 Å². The van der Waals surface area contributed by atoms with Gasteiger partial charge in [0, 0.05) is 9.81 Å². The molecule has 2 heteroatoms. The standard InChI is InChI=1S/C11H14S2/c1-8(2)13-10(4)11-6-5-9(3)7-12-11/h6-7H,1,4-5H2,2-3H3. The second-order valence-corrected chi connectivity index (χ2v) is 5.39. The van der Waals surface area contributed by atoms with E-state index in [1.807, 2.05) is 6.92 Å². The maximum atomic E-state index is 4.03. The molecule has 1 heterocycles. The Kier molecular flexibility index (Phi) is 3.94. The van der Waals surface area contributed by atoms with Crippen LogP contribution >= 0.6 is 23.5 Å². The van der Waals surface area contributed by atoms with Gasteiger partial charge in [-0.25, -0.2) is 0 Å². The van der Waals surface area contributed by atoms with Crippen LogP contribution in [-0.4, -0.2) is 0 Å². The molecule has 0 aromatic carbocycles. The largest absolute Gasteiger partial charge is 0.0973 e. The van der Waals surface area contributed by atoms with Crippen LogP contribution in [0.2, 0.25) is 0 Å². The summed E-state index contributed by atoms with van der Waals surface area (Å²) in [4.78, 5) is 3.48. The lowest BCUT2D eigenvalue weighted by Crippen LogP contribution is -1.85.